The first-order valence-electron chi connectivity index (χ1n) is 8.35. The standard InChI is InChI=1S/C18H20Cl2N2O3S/c1-2-25-18-6-4-3-5-17(18)21-9-11-22(12-10-21)26(23,24)14-7-8-15(19)16(20)13-14/h3-8,13H,2,9-12H2,1H3. The average Bonchev–Trinajstić information content (AvgIpc) is 2.65. The molecular weight excluding hydrogens is 395 g/mol. The minimum atomic E-state index is -3.59. The molecule has 3 rings (SSSR count). The van der Waals surface area contributed by atoms with E-state index in [4.69, 9.17) is 27.9 Å². The van der Waals surface area contributed by atoms with Gasteiger partial charge in [0.1, 0.15) is 5.75 Å². The van der Waals surface area contributed by atoms with E-state index in [2.05, 4.69) is 4.90 Å². The Bertz CT molecular complexity index is 882. The van der Waals surface area contributed by atoms with Gasteiger partial charge < -0.3 is 9.64 Å². The van der Waals surface area contributed by atoms with E-state index < -0.39 is 10.0 Å². The molecule has 0 amide bonds. The Balaban J connectivity index is 1.75. The fourth-order valence-corrected chi connectivity index (χ4v) is 4.76. The Morgan fingerprint density at radius 2 is 1.69 bits per heavy atom. The van der Waals surface area contributed by atoms with Crippen molar-refractivity contribution < 1.29 is 13.2 Å². The number of nitrogens with zero attached hydrogens (tertiary/aromatic N) is 2. The van der Waals surface area contributed by atoms with Gasteiger partial charge in [-0.15, -0.1) is 0 Å². The smallest absolute Gasteiger partial charge is 0.243 e. The minimum absolute atomic E-state index is 0.162. The number of benzene rings is 2. The monoisotopic (exact) mass is 414 g/mol. The van der Waals surface area contributed by atoms with Gasteiger partial charge in [0.2, 0.25) is 10.0 Å². The first-order valence-corrected chi connectivity index (χ1v) is 10.5. The van der Waals surface area contributed by atoms with Crippen LogP contribution in [-0.4, -0.2) is 45.5 Å². The molecule has 1 saturated heterocycles. The maximum atomic E-state index is 12.8. The van der Waals surface area contributed by atoms with Gasteiger partial charge in [0.25, 0.3) is 0 Å². The summed E-state index contributed by atoms with van der Waals surface area (Å²) in [5.74, 6) is 0.816. The van der Waals surface area contributed by atoms with Crippen LogP contribution in [0.4, 0.5) is 5.69 Å². The second-order valence-electron chi connectivity index (χ2n) is 5.87. The summed E-state index contributed by atoms with van der Waals surface area (Å²) in [4.78, 5) is 2.31. The van der Waals surface area contributed by atoms with E-state index in [1.165, 1.54) is 22.5 Å². The van der Waals surface area contributed by atoms with Crippen molar-refractivity contribution in [1.29, 1.82) is 0 Å². The molecule has 26 heavy (non-hydrogen) atoms. The molecule has 0 saturated carbocycles. The molecule has 0 aliphatic carbocycles. The SMILES string of the molecule is CCOc1ccccc1N1CCN(S(=O)(=O)c2ccc(Cl)c(Cl)c2)CC1. The molecule has 0 unspecified atom stereocenters. The first kappa shape index (κ1) is 19.3. The maximum Gasteiger partial charge on any atom is 0.243 e. The van der Waals surface area contributed by atoms with Gasteiger partial charge in [-0.2, -0.15) is 4.31 Å². The molecule has 0 aromatic heterocycles. The highest BCUT2D eigenvalue weighted by atomic mass is 35.5. The van der Waals surface area contributed by atoms with Crippen molar-refractivity contribution in [2.75, 3.05) is 37.7 Å². The number of hydrogen-bond acceptors (Lipinski definition) is 4. The van der Waals surface area contributed by atoms with Gasteiger partial charge in [-0.05, 0) is 37.3 Å². The van der Waals surface area contributed by atoms with Gasteiger partial charge in [0, 0.05) is 26.2 Å². The van der Waals surface area contributed by atoms with Crippen molar-refractivity contribution in [2.24, 2.45) is 0 Å². The summed E-state index contributed by atoms with van der Waals surface area (Å²) < 4.78 is 32.8. The summed E-state index contributed by atoms with van der Waals surface area (Å²) in [5, 5.41) is 0.569. The lowest BCUT2D eigenvalue weighted by Crippen LogP contribution is -2.48. The molecule has 1 fully saturated rings. The Hall–Kier alpha value is -1.47. The molecule has 1 aliphatic rings. The number of sulfonamides is 1. The fraction of sp³-hybridized carbons (Fsp3) is 0.333. The van der Waals surface area contributed by atoms with E-state index in [0.29, 0.717) is 37.8 Å². The van der Waals surface area contributed by atoms with Crippen LogP contribution in [0, 0.1) is 0 Å². The molecule has 2 aromatic rings. The molecule has 0 spiro atoms. The van der Waals surface area contributed by atoms with E-state index in [1.807, 2.05) is 31.2 Å². The lowest BCUT2D eigenvalue weighted by atomic mass is 10.2. The van der Waals surface area contributed by atoms with Crippen LogP contribution in [0.1, 0.15) is 6.92 Å². The number of halogens is 2. The van der Waals surface area contributed by atoms with Crippen molar-refractivity contribution in [2.45, 2.75) is 11.8 Å². The maximum absolute atomic E-state index is 12.8. The number of piperazine rings is 1. The molecule has 5 nitrogen and oxygen atoms in total. The highest BCUT2D eigenvalue weighted by molar-refractivity contribution is 7.89. The number of rotatable bonds is 5. The molecular formula is C18H20Cl2N2O3S. The van der Waals surface area contributed by atoms with Gasteiger partial charge >= 0.3 is 0 Å². The van der Waals surface area contributed by atoms with Gasteiger partial charge in [0.05, 0.1) is 27.2 Å². The summed E-state index contributed by atoms with van der Waals surface area (Å²) >= 11 is 11.9. The normalized spacial score (nSPS) is 15.9. The van der Waals surface area contributed by atoms with E-state index in [9.17, 15) is 8.42 Å². The van der Waals surface area contributed by atoms with Crippen LogP contribution in [0.2, 0.25) is 10.0 Å². The summed E-state index contributed by atoms with van der Waals surface area (Å²) in [6.45, 7) is 4.49. The highest BCUT2D eigenvalue weighted by Gasteiger charge is 2.29. The number of hydrogen-bond donors (Lipinski definition) is 0. The Morgan fingerprint density at radius 1 is 1.00 bits per heavy atom. The van der Waals surface area contributed by atoms with Crippen molar-refractivity contribution in [3.63, 3.8) is 0 Å². The van der Waals surface area contributed by atoms with E-state index in [-0.39, 0.29) is 9.92 Å². The third-order valence-corrected chi connectivity index (χ3v) is 6.91. The van der Waals surface area contributed by atoms with Gasteiger partial charge in [0.15, 0.2) is 0 Å². The zero-order valence-corrected chi connectivity index (χ0v) is 16.7. The molecule has 0 N–H and O–H groups in total. The van der Waals surface area contributed by atoms with Crippen molar-refractivity contribution in [3.8, 4) is 5.75 Å². The topological polar surface area (TPSA) is 49.9 Å². The number of para-hydroxylation sites is 2. The third kappa shape index (κ3) is 3.93. The average molecular weight is 415 g/mol. The molecule has 1 heterocycles. The lowest BCUT2D eigenvalue weighted by Gasteiger charge is -2.36. The van der Waals surface area contributed by atoms with Gasteiger partial charge in [-0.3, -0.25) is 0 Å². The van der Waals surface area contributed by atoms with Crippen molar-refractivity contribution in [1.82, 2.24) is 4.31 Å². The first-order chi connectivity index (χ1) is 12.4. The summed E-state index contributed by atoms with van der Waals surface area (Å²) in [5.41, 5.74) is 0.987. The number of anilines is 1. The Morgan fingerprint density at radius 3 is 2.35 bits per heavy atom. The second kappa shape index (κ2) is 8.05. The number of ether oxygens (including phenoxy) is 1. The van der Waals surface area contributed by atoms with E-state index in [0.717, 1.165) is 11.4 Å². The Labute approximate surface area is 164 Å². The van der Waals surface area contributed by atoms with Crippen LogP contribution < -0.4 is 9.64 Å². The van der Waals surface area contributed by atoms with Crippen molar-refractivity contribution in [3.05, 3.63) is 52.5 Å². The van der Waals surface area contributed by atoms with Gasteiger partial charge in [-0.1, -0.05) is 35.3 Å². The third-order valence-electron chi connectivity index (χ3n) is 4.27. The Kier molecular flexibility index (Phi) is 5.97. The van der Waals surface area contributed by atoms with E-state index >= 15 is 0 Å². The highest BCUT2D eigenvalue weighted by Crippen LogP contribution is 2.31. The minimum Gasteiger partial charge on any atom is -0.492 e. The predicted octanol–water partition coefficient (Wildman–Crippen LogP) is 3.90. The van der Waals surface area contributed by atoms with Crippen LogP contribution in [-0.2, 0) is 10.0 Å². The second-order valence-corrected chi connectivity index (χ2v) is 8.62. The van der Waals surface area contributed by atoms with Crippen LogP contribution in [0.25, 0.3) is 0 Å². The van der Waals surface area contributed by atoms with Crippen molar-refractivity contribution >= 4 is 38.9 Å². The molecule has 0 bridgehead atoms. The predicted molar refractivity (Wildman–Crippen MR) is 105 cm³/mol. The zero-order chi connectivity index (χ0) is 18.7. The molecule has 2 aromatic carbocycles. The summed E-state index contributed by atoms with van der Waals surface area (Å²) in [7, 11) is -3.59. The van der Waals surface area contributed by atoms with Crippen LogP contribution in [0.3, 0.4) is 0 Å². The molecule has 1 aliphatic heterocycles. The molecule has 8 heteroatoms. The van der Waals surface area contributed by atoms with E-state index in [1.54, 1.807) is 0 Å². The molecule has 140 valence electrons. The van der Waals surface area contributed by atoms with Crippen LogP contribution in [0.5, 0.6) is 5.75 Å². The van der Waals surface area contributed by atoms with Crippen LogP contribution in [0.15, 0.2) is 47.4 Å². The quantitative estimate of drug-likeness (QED) is 0.743. The van der Waals surface area contributed by atoms with Gasteiger partial charge in [-0.25, -0.2) is 8.42 Å². The fourth-order valence-electron chi connectivity index (χ4n) is 2.95. The molecule has 0 radical (unpaired) electrons. The van der Waals surface area contributed by atoms with Crippen LogP contribution >= 0.6 is 23.2 Å². The summed E-state index contributed by atoms with van der Waals surface area (Å²) in [6.07, 6.45) is 0. The largest absolute Gasteiger partial charge is 0.492 e. The molecule has 0 atom stereocenters. The summed E-state index contributed by atoms with van der Waals surface area (Å²) in [6, 6.07) is 12.2. The zero-order valence-electron chi connectivity index (χ0n) is 14.4. The lowest BCUT2D eigenvalue weighted by molar-refractivity contribution is 0.337.